The third-order valence-electron chi connectivity index (χ3n) is 2.77. The van der Waals surface area contributed by atoms with Crippen LogP contribution in [0.25, 0.3) is 0 Å². The van der Waals surface area contributed by atoms with Gasteiger partial charge in [0.05, 0.1) is 0 Å². The van der Waals surface area contributed by atoms with Crippen molar-refractivity contribution in [2.24, 2.45) is 5.73 Å². The number of halogens is 3. The fourth-order valence-electron chi connectivity index (χ4n) is 1.74. The zero-order chi connectivity index (χ0) is 13.2. The standard InChI is InChI=1S/C12H15F3N2O/c13-12(14,15)18-10-5-1-8(2-6-10)11(7-16)17-9-3-4-9/h1-2,5-6,9,11,17H,3-4,7,16H2. The second-order valence-electron chi connectivity index (χ2n) is 4.35. The molecule has 1 aliphatic carbocycles. The Morgan fingerprint density at radius 3 is 2.33 bits per heavy atom. The molecular weight excluding hydrogens is 245 g/mol. The average Bonchev–Trinajstić information content (AvgIpc) is 3.09. The van der Waals surface area contributed by atoms with Gasteiger partial charge in [-0.3, -0.25) is 0 Å². The molecule has 0 bridgehead atoms. The lowest BCUT2D eigenvalue weighted by molar-refractivity contribution is -0.274. The summed E-state index contributed by atoms with van der Waals surface area (Å²) in [5.74, 6) is -0.214. The number of alkyl halides is 3. The van der Waals surface area contributed by atoms with Crippen LogP contribution in [0.1, 0.15) is 24.4 Å². The third-order valence-corrected chi connectivity index (χ3v) is 2.77. The highest BCUT2D eigenvalue weighted by Crippen LogP contribution is 2.26. The Labute approximate surface area is 103 Å². The molecule has 0 spiro atoms. The Morgan fingerprint density at radius 1 is 1.28 bits per heavy atom. The lowest BCUT2D eigenvalue weighted by Gasteiger charge is -2.17. The summed E-state index contributed by atoms with van der Waals surface area (Å²) in [4.78, 5) is 0. The number of benzene rings is 1. The monoisotopic (exact) mass is 260 g/mol. The Balaban J connectivity index is 2.00. The van der Waals surface area contributed by atoms with E-state index in [2.05, 4.69) is 10.1 Å². The van der Waals surface area contributed by atoms with E-state index in [0.717, 1.165) is 18.4 Å². The zero-order valence-corrected chi connectivity index (χ0v) is 9.70. The van der Waals surface area contributed by atoms with Gasteiger partial charge in [-0.05, 0) is 30.5 Å². The van der Waals surface area contributed by atoms with E-state index in [1.807, 2.05) is 0 Å². The predicted molar refractivity (Wildman–Crippen MR) is 61.1 cm³/mol. The van der Waals surface area contributed by atoms with E-state index in [1.165, 1.54) is 12.1 Å². The van der Waals surface area contributed by atoms with Crippen molar-refractivity contribution in [1.29, 1.82) is 0 Å². The van der Waals surface area contributed by atoms with Crippen molar-refractivity contribution in [3.05, 3.63) is 29.8 Å². The molecule has 0 aliphatic heterocycles. The minimum atomic E-state index is -4.65. The maximum Gasteiger partial charge on any atom is 0.573 e. The van der Waals surface area contributed by atoms with Gasteiger partial charge < -0.3 is 15.8 Å². The van der Waals surface area contributed by atoms with E-state index in [-0.39, 0.29) is 11.8 Å². The lowest BCUT2D eigenvalue weighted by Crippen LogP contribution is -2.29. The normalized spacial score (nSPS) is 17.6. The van der Waals surface area contributed by atoms with Crippen molar-refractivity contribution >= 4 is 0 Å². The van der Waals surface area contributed by atoms with E-state index in [4.69, 9.17) is 5.73 Å². The number of hydrogen-bond acceptors (Lipinski definition) is 3. The van der Waals surface area contributed by atoms with E-state index >= 15 is 0 Å². The third kappa shape index (κ3) is 3.89. The molecule has 100 valence electrons. The molecule has 0 heterocycles. The average molecular weight is 260 g/mol. The SMILES string of the molecule is NCC(NC1CC1)c1ccc(OC(F)(F)F)cc1. The first-order valence-electron chi connectivity index (χ1n) is 5.80. The molecular formula is C12H15F3N2O. The van der Waals surface area contributed by atoms with Crippen LogP contribution in [-0.2, 0) is 0 Å². The van der Waals surface area contributed by atoms with Gasteiger partial charge in [0, 0.05) is 18.6 Å². The maximum absolute atomic E-state index is 12.0. The topological polar surface area (TPSA) is 47.3 Å². The maximum atomic E-state index is 12.0. The van der Waals surface area contributed by atoms with Crippen molar-refractivity contribution < 1.29 is 17.9 Å². The van der Waals surface area contributed by atoms with E-state index in [9.17, 15) is 13.2 Å². The minimum Gasteiger partial charge on any atom is -0.406 e. The van der Waals surface area contributed by atoms with E-state index < -0.39 is 6.36 Å². The molecule has 0 aromatic heterocycles. The van der Waals surface area contributed by atoms with Gasteiger partial charge in [-0.2, -0.15) is 0 Å². The van der Waals surface area contributed by atoms with Crippen LogP contribution < -0.4 is 15.8 Å². The van der Waals surface area contributed by atoms with Gasteiger partial charge in [-0.1, -0.05) is 12.1 Å². The van der Waals surface area contributed by atoms with Crippen molar-refractivity contribution in [3.8, 4) is 5.75 Å². The van der Waals surface area contributed by atoms with Crippen molar-refractivity contribution in [1.82, 2.24) is 5.32 Å². The molecule has 3 N–H and O–H groups in total. The van der Waals surface area contributed by atoms with Crippen LogP contribution in [0.4, 0.5) is 13.2 Å². The van der Waals surface area contributed by atoms with Crippen LogP contribution in [0.3, 0.4) is 0 Å². The van der Waals surface area contributed by atoms with Gasteiger partial charge in [-0.25, -0.2) is 0 Å². The summed E-state index contributed by atoms with van der Waals surface area (Å²) < 4.78 is 39.8. The molecule has 0 saturated heterocycles. The van der Waals surface area contributed by atoms with Gasteiger partial charge in [0.1, 0.15) is 5.75 Å². The van der Waals surface area contributed by atoms with Gasteiger partial charge >= 0.3 is 6.36 Å². The van der Waals surface area contributed by atoms with E-state index in [1.54, 1.807) is 12.1 Å². The summed E-state index contributed by atoms with van der Waals surface area (Å²) in [5, 5.41) is 3.34. The van der Waals surface area contributed by atoms with Crippen molar-refractivity contribution in [2.75, 3.05) is 6.54 Å². The van der Waals surface area contributed by atoms with Crippen LogP contribution >= 0.6 is 0 Å². The molecule has 1 saturated carbocycles. The molecule has 2 rings (SSSR count). The highest BCUT2D eigenvalue weighted by Gasteiger charge is 2.31. The summed E-state index contributed by atoms with van der Waals surface area (Å²) in [6, 6.07) is 6.30. The highest BCUT2D eigenvalue weighted by molar-refractivity contribution is 5.29. The molecule has 3 nitrogen and oxygen atoms in total. The Kier molecular flexibility index (Phi) is 3.77. The molecule has 0 amide bonds. The molecule has 1 aliphatic rings. The molecule has 18 heavy (non-hydrogen) atoms. The molecule has 1 unspecified atom stereocenters. The van der Waals surface area contributed by atoms with Gasteiger partial charge in [0.25, 0.3) is 0 Å². The predicted octanol–water partition coefficient (Wildman–Crippen LogP) is 2.34. The first kappa shape index (κ1) is 13.2. The summed E-state index contributed by atoms with van der Waals surface area (Å²) in [5.41, 5.74) is 6.52. The smallest absolute Gasteiger partial charge is 0.406 e. The Hall–Kier alpha value is -1.27. The van der Waals surface area contributed by atoms with Crippen LogP contribution in [0, 0.1) is 0 Å². The number of ether oxygens (including phenoxy) is 1. The summed E-state index contributed by atoms with van der Waals surface area (Å²) in [7, 11) is 0. The fourth-order valence-corrected chi connectivity index (χ4v) is 1.74. The minimum absolute atomic E-state index is 0.0163. The Morgan fingerprint density at radius 2 is 1.89 bits per heavy atom. The second-order valence-corrected chi connectivity index (χ2v) is 4.35. The van der Waals surface area contributed by atoms with Crippen LogP contribution in [0.5, 0.6) is 5.75 Å². The van der Waals surface area contributed by atoms with Crippen molar-refractivity contribution in [2.45, 2.75) is 31.3 Å². The number of rotatable bonds is 5. The number of hydrogen-bond donors (Lipinski definition) is 2. The Bertz CT molecular complexity index is 387. The number of nitrogens with two attached hydrogens (primary N) is 1. The first-order chi connectivity index (χ1) is 8.48. The van der Waals surface area contributed by atoms with Gasteiger partial charge in [0.15, 0.2) is 0 Å². The van der Waals surface area contributed by atoms with Crippen LogP contribution in [0.2, 0.25) is 0 Å². The molecule has 6 heteroatoms. The zero-order valence-electron chi connectivity index (χ0n) is 9.70. The van der Waals surface area contributed by atoms with Gasteiger partial charge in [-0.15, -0.1) is 13.2 Å². The molecule has 1 fully saturated rings. The van der Waals surface area contributed by atoms with Crippen LogP contribution in [-0.4, -0.2) is 18.9 Å². The molecule has 1 atom stereocenters. The fraction of sp³-hybridized carbons (Fsp3) is 0.500. The summed E-state index contributed by atoms with van der Waals surface area (Å²) in [6.45, 7) is 0.413. The summed E-state index contributed by atoms with van der Waals surface area (Å²) in [6.07, 6.45) is -2.39. The molecule has 1 aromatic carbocycles. The molecule has 0 radical (unpaired) electrons. The second kappa shape index (κ2) is 5.16. The van der Waals surface area contributed by atoms with Gasteiger partial charge in [0.2, 0.25) is 0 Å². The first-order valence-corrected chi connectivity index (χ1v) is 5.80. The lowest BCUT2D eigenvalue weighted by atomic mass is 10.1. The van der Waals surface area contributed by atoms with Crippen LogP contribution in [0.15, 0.2) is 24.3 Å². The summed E-state index contributed by atoms with van der Waals surface area (Å²) >= 11 is 0. The number of nitrogens with one attached hydrogen (secondary N) is 1. The van der Waals surface area contributed by atoms with Crippen molar-refractivity contribution in [3.63, 3.8) is 0 Å². The quantitative estimate of drug-likeness (QED) is 0.854. The van der Waals surface area contributed by atoms with E-state index in [0.29, 0.717) is 12.6 Å². The molecule has 1 aromatic rings. The highest BCUT2D eigenvalue weighted by atomic mass is 19.4. The largest absolute Gasteiger partial charge is 0.573 e.